The minimum Gasteiger partial charge on any atom is -0.478 e. The second kappa shape index (κ2) is 7.05. The smallest absolute Gasteiger partial charge is 0.335 e. The van der Waals surface area contributed by atoms with Gasteiger partial charge in [-0.1, -0.05) is 12.1 Å². The largest absolute Gasteiger partial charge is 0.478 e. The van der Waals surface area contributed by atoms with Gasteiger partial charge >= 0.3 is 5.97 Å². The van der Waals surface area contributed by atoms with E-state index in [4.69, 9.17) is 9.84 Å². The van der Waals surface area contributed by atoms with Crippen LogP contribution in [0.2, 0.25) is 0 Å². The summed E-state index contributed by atoms with van der Waals surface area (Å²) in [6, 6.07) is 6.53. The number of carboxylic acid groups (broad SMARTS) is 1. The van der Waals surface area contributed by atoms with Gasteiger partial charge in [-0.3, -0.25) is 4.79 Å². The number of amides is 1. The Bertz CT molecular complexity index is 463. The molecule has 2 N–H and O–H groups in total. The van der Waals surface area contributed by atoms with Crippen molar-refractivity contribution in [3.63, 3.8) is 0 Å². The molecule has 0 aromatic heterocycles. The van der Waals surface area contributed by atoms with Gasteiger partial charge in [0, 0.05) is 26.2 Å². The van der Waals surface area contributed by atoms with Crippen LogP contribution in [0.1, 0.15) is 35.2 Å². The summed E-state index contributed by atoms with van der Waals surface area (Å²) in [5.41, 5.74) is 1.15. The summed E-state index contributed by atoms with van der Waals surface area (Å²) in [7, 11) is 0. The van der Waals surface area contributed by atoms with E-state index >= 15 is 0 Å². The molecular weight excluding hydrogens is 258 g/mol. The zero-order valence-corrected chi connectivity index (χ0v) is 11.3. The number of benzene rings is 1. The molecule has 1 amide bonds. The highest BCUT2D eigenvalue weighted by Gasteiger charge is 2.17. The minimum atomic E-state index is -0.944. The van der Waals surface area contributed by atoms with Crippen LogP contribution in [-0.2, 0) is 16.1 Å². The molecule has 0 radical (unpaired) electrons. The van der Waals surface area contributed by atoms with E-state index in [1.54, 1.807) is 24.3 Å². The highest BCUT2D eigenvalue weighted by atomic mass is 16.5. The molecule has 5 heteroatoms. The maximum atomic E-state index is 11.8. The van der Waals surface area contributed by atoms with Gasteiger partial charge in [0.25, 0.3) is 0 Å². The number of carbonyl (C=O) groups excluding carboxylic acids is 1. The van der Waals surface area contributed by atoms with Gasteiger partial charge in [0.15, 0.2) is 0 Å². The van der Waals surface area contributed by atoms with Gasteiger partial charge in [-0.2, -0.15) is 0 Å². The zero-order chi connectivity index (χ0) is 14.4. The molecule has 0 aliphatic carbocycles. The molecule has 1 aromatic rings. The molecule has 1 aliphatic heterocycles. The summed E-state index contributed by atoms with van der Waals surface area (Å²) >= 11 is 0. The van der Waals surface area contributed by atoms with Crippen molar-refractivity contribution >= 4 is 11.9 Å². The second-order valence-electron chi connectivity index (χ2n) is 5.04. The van der Waals surface area contributed by atoms with Crippen molar-refractivity contribution in [1.82, 2.24) is 5.32 Å². The first kappa shape index (κ1) is 14.5. The van der Waals surface area contributed by atoms with Gasteiger partial charge < -0.3 is 15.2 Å². The van der Waals surface area contributed by atoms with Gasteiger partial charge in [-0.15, -0.1) is 0 Å². The van der Waals surface area contributed by atoms with Crippen LogP contribution in [0.5, 0.6) is 0 Å². The topological polar surface area (TPSA) is 75.6 Å². The third kappa shape index (κ3) is 4.35. The predicted molar refractivity (Wildman–Crippen MR) is 73.4 cm³/mol. The molecule has 1 heterocycles. The van der Waals surface area contributed by atoms with Crippen LogP contribution in [0.4, 0.5) is 0 Å². The molecule has 2 rings (SSSR count). The summed E-state index contributed by atoms with van der Waals surface area (Å²) in [5, 5.41) is 11.7. The fourth-order valence-corrected chi connectivity index (χ4v) is 2.25. The van der Waals surface area contributed by atoms with Crippen LogP contribution in [0.25, 0.3) is 0 Å². The highest BCUT2D eigenvalue weighted by Crippen LogP contribution is 2.18. The molecule has 1 saturated heterocycles. The number of carbonyl (C=O) groups is 2. The molecular formula is C15H19NO4. The first-order chi connectivity index (χ1) is 9.65. The van der Waals surface area contributed by atoms with Gasteiger partial charge in [0.1, 0.15) is 0 Å². The Labute approximate surface area is 117 Å². The fourth-order valence-electron chi connectivity index (χ4n) is 2.25. The first-order valence-corrected chi connectivity index (χ1v) is 6.82. The Balaban J connectivity index is 1.76. The average molecular weight is 277 g/mol. The summed E-state index contributed by atoms with van der Waals surface area (Å²) in [6.07, 6.45) is 2.43. The number of carboxylic acids is 1. The maximum absolute atomic E-state index is 11.8. The number of rotatable bonds is 5. The standard InChI is InChI=1S/C15H19NO4/c17-14(9-11-5-7-20-8-6-11)16-10-12-1-3-13(4-2-12)15(18)19/h1-4,11H,5-10H2,(H,16,17)(H,18,19). The molecule has 108 valence electrons. The van der Waals surface area contributed by atoms with Crippen molar-refractivity contribution in [3.8, 4) is 0 Å². The molecule has 0 spiro atoms. The van der Waals surface area contributed by atoms with E-state index in [1.807, 2.05) is 0 Å². The van der Waals surface area contributed by atoms with Crippen LogP contribution in [-0.4, -0.2) is 30.2 Å². The molecule has 0 unspecified atom stereocenters. The van der Waals surface area contributed by atoms with Crippen molar-refractivity contribution in [2.75, 3.05) is 13.2 Å². The predicted octanol–water partition coefficient (Wildman–Crippen LogP) is 1.82. The molecule has 1 fully saturated rings. The van der Waals surface area contributed by atoms with Crippen LogP contribution in [0.3, 0.4) is 0 Å². The van der Waals surface area contributed by atoms with Crippen molar-refractivity contribution in [1.29, 1.82) is 0 Å². The highest BCUT2D eigenvalue weighted by molar-refractivity contribution is 5.87. The van der Waals surface area contributed by atoms with Crippen LogP contribution in [0.15, 0.2) is 24.3 Å². The molecule has 1 aromatic carbocycles. The molecule has 0 bridgehead atoms. The van der Waals surface area contributed by atoms with Gasteiger partial charge in [0.2, 0.25) is 5.91 Å². The Hall–Kier alpha value is -1.88. The summed E-state index contributed by atoms with van der Waals surface area (Å²) in [6.45, 7) is 1.92. The molecule has 0 saturated carbocycles. The van der Waals surface area contributed by atoms with Gasteiger partial charge in [0.05, 0.1) is 5.56 Å². The molecule has 5 nitrogen and oxygen atoms in total. The number of hydrogen-bond acceptors (Lipinski definition) is 3. The lowest BCUT2D eigenvalue weighted by atomic mass is 9.96. The molecule has 1 aliphatic rings. The third-order valence-corrected chi connectivity index (χ3v) is 3.51. The number of ether oxygens (including phenoxy) is 1. The van der Waals surface area contributed by atoms with Gasteiger partial charge in [-0.25, -0.2) is 4.79 Å². The Morgan fingerprint density at radius 1 is 1.20 bits per heavy atom. The monoisotopic (exact) mass is 277 g/mol. The zero-order valence-electron chi connectivity index (χ0n) is 11.3. The SMILES string of the molecule is O=C(CC1CCOCC1)NCc1ccc(C(=O)O)cc1. The van der Waals surface area contributed by atoms with Crippen LogP contribution >= 0.6 is 0 Å². The van der Waals surface area contributed by atoms with E-state index in [0.29, 0.717) is 18.9 Å². The number of nitrogens with one attached hydrogen (secondary N) is 1. The van der Waals surface area contributed by atoms with E-state index in [1.165, 1.54) is 0 Å². The average Bonchev–Trinajstić information content (AvgIpc) is 2.46. The lowest BCUT2D eigenvalue weighted by Crippen LogP contribution is -2.27. The van der Waals surface area contributed by atoms with E-state index in [2.05, 4.69) is 5.32 Å². The quantitative estimate of drug-likeness (QED) is 0.860. The Kier molecular flexibility index (Phi) is 5.12. The van der Waals surface area contributed by atoms with Crippen molar-refractivity contribution in [2.24, 2.45) is 5.92 Å². The minimum absolute atomic E-state index is 0.0409. The van der Waals surface area contributed by atoms with Crippen molar-refractivity contribution in [3.05, 3.63) is 35.4 Å². The summed E-state index contributed by atoms with van der Waals surface area (Å²) < 4.78 is 5.26. The number of hydrogen-bond donors (Lipinski definition) is 2. The van der Waals surface area contributed by atoms with Gasteiger partial charge in [-0.05, 0) is 36.5 Å². The second-order valence-corrected chi connectivity index (χ2v) is 5.04. The Morgan fingerprint density at radius 3 is 2.45 bits per heavy atom. The molecule has 20 heavy (non-hydrogen) atoms. The maximum Gasteiger partial charge on any atom is 0.335 e. The summed E-state index contributed by atoms with van der Waals surface area (Å²) in [5.74, 6) is -0.488. The normalized spacial score (nSPS) is 15.8. The van der Waals surface area contributed by atoms with Crippen LogP contribution < -0.4 is 5.32 Å². The summed E-state index contributed by atoms with van der Waals surface area (Å²) in [4.78, 5) is 22.5. The lowest BCUT2D eigenvalue weighted by molar-refractivity contribution is -0.122. The fraction of sp³-hybridized carbons (Fsp3) is 0.467. The lowest BCUT2D eigenvalue weighted by Gasteiger charge is -2.21. The number of aromatic carboxylic acids is 1. The van der Waals surface area contributed by atoms with E-state index in [0.717, 1.165) is 31.6 Å². The van der Waals surface area contributed by atoms with E-state index < -0.39 is 5.97 Å². The van der Waals surface area contributed by atoms with E-state index in [-0.39, 0.29) is 11.5 Å². The Morgan fingerprint density at radius 2 is 1.85 bits per heavy atom. The third-order valence-electron chi connectivity index (χ3n) is 3.51. The first-order valence-electron chi connectivity index (χ1n) is 6.82. The van der Waals surface area contributed by atoms with Crippen LogP contribution in [0, 0.1) is 5.92 Å². The molecule has 0 atom stereocenters. The van der Waals surface area contributed by atoms with E-state index in [9.17, 15) is 9.59 Å². The van der Waals surface area contributed by atoms with Crippen molar-refractivity contribution in [2.45, 2.75) is 25.8 Å². The van der Waals surface area contributed by atoms with Crippen molar-refractivity contribution < 1.29 is 19.4 Å².